The molecule has 1 aromatic rings. The number of hydrogen-bond donors (Lipinski definition) is 2. The Morgan fingerprint density at radius 2 is 1.89 bits per heavy atom. The van der Waals surface area contributed by atoms with Gasteiger partial charge in [-0.05, 0) is 37.6 Å². The first kappa shape index (κ1) is 16.1. The van der Waals surface area contributed by atoms with Gasteiger partial charge >= 0.3 is 0 Å². The van der Waals surface area contributed by atoms with Gasteiger partial charge in [0.2, 0.25) is 10.0 Å². The van der Waals surface area contributed by atoms with Crippen LogP contribution in [0.1, 0.15) is 19.4 Å². The molecule has 0 aromatic heterocycles. The second-order valence-corrected chi connectivity index (χ2v) is 6.40. The third-order valence-corrected chi connectivity index (χ3v) is 4.14. The molecule has 2 N–H and O–H groups in total. The average molecular weight is 288 g/mol. The molecule has 0 fully saturated rings. The zero-order chi connectivity index (χ0) is 14.3. The van der Waals surface area contributed by atoms with Gasteiger partial charge in [-0.3, -0.25) is 0 Å². The third-order valence-electron chi connectivity index (χ3n) is 2.63. The highest BCUT2D eigenvalue weighted by Gasteiger charge is 2.14. The molecule has 0 aliphatic heterocycles. The fourth-order valence-electron chi connectivity index (χ4n) is 1.76. The van der Waals surface area contributed by atoms with Crippen LogP contribution in [0.4, 0.5) is 4.39 Å². The lowest BCUT2D eigenvalue weighted by molar-refractivity contribution is 0.556. The SMILES string of the molecule is CCNCCS(=O)(=O)NC(C)Cc1ccc(F)cc1. The maximum atomic E-state index is 12.7. The quantitative estimate of drug-likeness (QED) is 0.709. The first-order valence-corrected chi connectivity index (χ1v) is 8.03. The van der Waals surface area contributed by atoms with E-state index in [0.717, 1.165) is 12.1 Å². The smallest absolute Gasteiger partial charge is 0.213 e. The molecule has 0 aliphatic rings. The van der Waals surface area contributed by atoms with Crippen molar-refractivity contribution < 1.29 is 12.8 Å². The highest BCUT2D eigenvalue weighted by molar-refractivity contribution is 7.89. The first-order chi connectivity index (χ1) is 8.93. The second-order valence-electron chi connectivity index (χ2n) is 4.52. The Kier molecular flexibility index (Phi) is 6.41. The molecular weight excluding hydrogens is 267 g/mol. The highest BCUT2D eigenvalue weighted by Crippen LogP contribution is 2.06. The Balaban J connectivity index is 2.45. The van der Waals surface area contributed by atoms with Crippen LogP contribution in [0.15, 0.2) is 24.3 Å². The van der Waals surface area contributed by atoms with Crippen molar-refractivity contribution in [3.63, 3.8) is 0 Å². The summed E-state index contributed by atoms with van der Waals surface area (Å²) < 4.78 is 38.9. The Hall–Kier alpha value is -0.980. The summed E-state index contributed by atoms with van der Waals surface area (Å²) in [7, 11) is -3.27. The van der Waals surface area contributed by atoms with Crippen molar-refractivity contribution in [2.75, 3.05) is 18.8 Å². The molecule has 0 heterocycles. The number of hydrogen-bond acceptors (Lipinski definition) is 3. The van der Waals surface area contributed by atoms with Gasteiger partial charge in [-0.1, -0.05) is 19.1 Å². The van der Waals surface area contributed by atoms with Crippen molar-refractivity contribution in [3.8, 4) is 0 Å². The molecule has 1 aromatic carbocycles. The van der Waals surface area contributed by atoms with Crippen LogP contribution in [0, 0.1) is 5.82 Å². The third kappa shape index (κ3) is 6.66. The molecule has 0 saturated heterocycles. The van der Waals surface area contributed by atoms with Crippen molar-refractivity contribution in [3.05, 3.63) is 35.6 Å². The maximum absolute atomic E-state index is 12.7. The summed E-state index contributed by atoms with van der Waals surface area (Å²) in [6, 6.07) is 5.87. The van der Waals surface area contributed by atoms with E-state index >= 15 is 0 Å². The molecule has 0 radical (unpaired) electrons. The first-order valence-electron chi connectivity index (χ1n) is 6.38. The maximum Gasteiger partial charge on any atom is 0.213 e. The van der Waals surface area contributed by atoms with E-state index in [1.807, 2.05) is 6.92 Å². The monoisotopic (exact) mass is 288 g/mol. The standard InChI is InChI=1S/C13H21FN2O2S/c1-3-15-8-9-19(17,18)16-11(2)10-12-4-6-13(14)7-5-12/h4-7,11,15-16H,3,8-10H2,1-2H3. The van der Waals surface area contributed by atoms with Crippen molar-refractivity contribution in [2.45, 2.75) is 26.3 Å². The van der Waals surface area contributed by atoms with Gasteiger partial charge < -0.3 is 5.32 Å². The van der Waals surface area contributed by atoms with E-state index in [-0.39, 0.29) is 17.6 Å². The van der Waals surface area contributed by atoms with Gasteiger partial charge in [-0.25, -0.2) is 17.5 Å². The highest BCUT2D eigenvalue weighted by atomic mass is 32.2. The Labute approximate surface area is 114 Å². The number of benzene rings is 1. The predicted octanol–water partition coefficient (Wildman–Crippen LogP) is 1.29. The lowest BCUT2D eigenvalue weighted by Crippen LogP contribution is -2.38. The Morgan fingerprint density at radius 1 is 1.26 bits per heavy atom. The fraction of sp³-hybridized carbons (Fsp3) is 0.538. The Bertz CT molecular complexity index is 474. The van der Waals surface area contributed by atoms with Crippen LogP contribution in [0.5, 0.6) is 0 Å². The van der Waals surface area contributed by atoms with Crippen molar-refractivity contribution in [1.82, 2.24) is 10.0 Å². The summed E-state index contributed by atoms with van der Waals surface area (Å²) in [5.74, 6) is -0.225. The van der Waals surface area contributed by atoms with E-state index in [2.05, 4.69) is 10.0 Å². The van der Waals surface area contributed by atoms with Crippen LogP contribution in [-0.4, -0.2) is 33.3 Å². The largest absolute Gasteiger partial charge is 0.316 e. The van der Waals surface area contributed by atoms with Crippen LogP contribution in [0.3, 0.4) is 0 Å². The molecule has 108 valence electrons. The molecule has 1 unspecified atom stereocenters. The molecule has 0 amide bonds. The number of rotatable bonds is 8. The van der Waals surface area contributed by atoms with Gasteiger partial charge in [-0.2, -0.15) is 0 Å². The summed E-state index contributed by atoms with van der Waals surface area (Å²) in [5.41, 5.74) is 0.906. The molecule has 0 bridgehead atoms. The van der Waals surface area contributed by atoms with Gasteiger partial charge in [0.25, 0.3) is 0 Å². The van der Waals surface area contributed by atoms with Gasteiger partial charge in [0.15, 0.2) is 0 Å². The summed E-state index contributed by atoms with van der Waals surface area (Å²) in [6.45, 7) is 4.92. The van der Waals surface area contributed by atoms with Gasteiger partial charge in [-0.15, -0.1) is 0 Å². The molecule has 4 nitrogen and oxygen atoms in total. The molecular formula is C13H21FN2O2S. The molecule has 0 aliphatic carbocycles. The van der Waals surface area contributed by atoms with Crippen LogP contribution < -0.4 is 10.0 Å². The molecule has 0 saturated carbocycles. The van der Waals surface area contributed by atoms with E-state index in [9.17, 15) is 12.8 Å². The number of sulfonamides is 1. The van der Waals surface area contributed by atoms with E-state index in [1.165, 1.54) is 12.1 Å². The summed E-state index contributed by atoms with van der Waals surface area (Å²) in [4.78, 5) is 0. The van der Waals surface area contributed by atoms with E-state index in [0.29, 0.717) is 13.0 Å². The average Bonchev–Trinajstić information content (AvgIpc) is 2.31. The van der Waals surface area contributed by atoms with Crippen LogP contribution in [0.25, 0.3) is 0 Å². The molecule has 1 atom stereocenters. The normalized spacial score (nSPS) is 13.4. The minimum atomic E-state index is -3.27. The molecule has 6 heteroatoms. The van der Waals surface area contributed by atoms with Crippen molar-refractivity contribution >= 4 is 10.0 Å². The zero-order valence-electron chi connectivity index (χ0n) is 11.3. The summed E-state index contributed by atoms with van der Waals surface area (Å²) in [6.07, 6.45) is 0.542. The fourth-order valence-corrected chi connectivity index (χ4v) is 2.99. The topological polar surface area (TPSA) is 58.2 Å². The minimum absolute atomic E-state index is 0.0641. The van der Waals surface area contributed by atoms with Crippen LogP contribution >= 0.6 is 0 Å². The lowest BCUT2D eigenvalue weighted by atomic mass is 10.1. The van der Waals surface area contributed by atoms with Gasteiger partial charge in [0.05, 0.1) is 5.75 Å². The molecule has 19 heavy (non-hydrogen) atoms. The van der Waals surface area contributed by atoms with Crippen LogP contribution in [0.2, 0.25) is 0 Å². The van der Waals surface area contributed by atoms with Crippen molar-refractivity contribution in [2.24, 2.45) is 0 Å². The van der Waals surface area contributed by atoms with Gasteiger partial charge in [0.1, 0.15) is 5.82 Å². The zero-order valence-corrected chi connectivity index (χ0v) is 12.1. The van der Waals surface area contributed by atoms with Crippen LogP contribution in [-0.2, 0) is 16.4 Å². The van der Waals surface area contributed by atoms with Crippen molar-refractivity contribution in [1.29, 1.82) is 0 Å². The molecule has 0 spiro atoms. The van der Waals surface area contributed by atoms with E-state index in [4.69, 9.17) is 0 Å². The lowest BCUT2D eigenvalue weighted by Gasteiger charge is -2.14. The summed E-state index contributed by atoms with van der Waals surface area (Å²) in [5, 5.41) is 2.97. The molecule has 1 rings (SSSR count). The Morgan fingerprint density at radius 3 is 2.47 bits per heavy atom. The van der Waals surface area contributed by atoms with E-state index in [1.54, 1.807) is 19.1 Å². The second kappa shape index (κ2) is 7.57. The predicted molar refractivity (Wildman–Crippen MR) is 75.0 cm³/mol. The van der Waals surface area contributed by atoms with Gasteiger partial charge in [0, 0.05) is 12.6 Å². The summed E-state index contributed by atoms with van der Waals surface area (Å²) >= 11 is 0. The number of nitrogens with one attached hydrogen (secondary N) is 2. The minimum Gasteiger partial charge on any atom is -0.316 e. The number of halogens is 1. The van der Waals surface area contributed by atoms with E-state index < -0.39 is 10.0 Å².